The summed E-state index contributed by atoms with van der Waals surface area (Å²) in [4.78, 5) is 35.5. The van der Waals surface area contributed by atoms with Gasteiger partial charge in [0, 0.05) is 47.2 Å². The Balaban J connectivity index is 1.76. The van der Waals surface area contributed by atoms with E-state index >= 15 is 0 Å². The van der Waals surface area contributed by atoms with Gasteiger partial charge in [-0.15, -0.1) is 11.3 Å². The molecule has 2 N–H and O–H groups in total. The lowest BCUT2D eigenvalue weighted by atomic mass is 9.95. The number of amides is 1. The maximum absolute atomic E-state index is 14.5. The Morgan fingerprint density at radius 2 is 2.10 bits per heavy atom. The van der Waals surface area contributed by atoms with Crippen molar-refractivity contribution in [2.75, 3.05) is 26.5 Å². The highest BCUT2D eigenvalue weighted by atomic mass is 79.9. The molecule has 0 spiro atoms. The van der Waals surface area contributed by atoms with Gasteiger partial charge >= 0.3 is 5.97 Å². The van der Waals surface area contributed by atoms with Crippen LogP contribution in [0.4, 0.5) is 13.2 Å². The Morgan fingerprint density at radius 3 is 2.72 bits per heavy atom. The number of thiazole rings is 1. The molecule has 0 radical (unpaired) electrons. The number of methoxy groups -OCH3 is 1. The van der Waals surface area contributed by atoms with Gasteiger partial charge in [0.05, 0.1) is 25.5 Å². The number of amidine groups is 1. The molecule has 3 heterocycles. The van der Waals surface area contributed by atoms with Crippen LogP contribution >= 0.6 is 27.3 Å². The van der Waals surface area contributed by atoms with E-state index in [4.69, 9.17) is 4.74 Å². The standard InChI is InChI=1S/C23H23BrF3N5O5S2/c1-37-22(34)18-16(10-32-11-23(26,27)9-13(32)8-17(33)31-39(2,35)36)29-20(21-28-5-6-38-21)30-19(18)14-4-3-12(25)7-15(14)24/h3-7,13,19H,8-11H2,1-2H3,(H,29,30)(H,31,33)/t13?,19-/m0/s1. The summed E-state index contributed by atoms with van der Waals surface area (Å²) in [5.41, 5.74) is 0.592. The molecule has 1 fully saturated rings. The van der Waals surface area contributed by atoms with Crippen LogP contribution in [0.5, 0.6) is 0 Å². The van der Waals surface area contributed by atoms with E-state index < -0.39 is 65.1 Å². The smallest absolute Gasteiger partial charge is 0.338 e. The van der Waals surface area contributed by atoms with Crippen molar-refractivity contribution < 1.29 is 35.9 Å². The lowest BCUT2D eigenvalue weighted by molar-refractivity contribution is -0.136. The van der Waals surface area contributed by atoms with Crippen molar-refractivity contribution in [3.05, 3.63) is 61.9 Å². The molecular formula is C23H23BrF3N5O5S2. The minimum absolute atomic E-state index is 0.000307. The second-order valence-electron chi connectivity index (χ2n) is 9.01. The summed E-state index contributed by atoms with van der Waals surface area (Å²) in [6.07, 6.45) is 1.14. The average molecular weight is 650 g/mol. The zero-order chi connectivity index (χ0) is 28.5. The van der Waals surface area contributed by atoms with E-state index in [1.807, 2.05) is 0 Å². The van der Waals surface area contributed by atoms with E-state index in [9.17, 15) is 31.2 Å². The Morgan fingerprint density at radius 1 is 1.36 bits per heavy atom. The van der Waals surface area contributed by atoms with E-state index in [0.29, 0.717) is 15.0 Å². The molecule has 1 saturated heterocycles. The Bertz CT molecular complexity index is 1450. The summed E-state index contributed by atoms with van der Waals surface area (Å²) in [5, 5.41) is 5.18. The van der Waals surface area contributed by atoms with Crippen molar-refractivity contribution in [3.8, 4) is 0 Å². The van der Waals surface area contributed by atoms with Gasteiger partial charge in [-0.1, -0.05) is 22.0 Å². The van der Waals surface area contributed by atoms with E-state index in [1.54, 1.807) is 16.3 Å². The summed E-state index contributed by atoms with van der Waals surface area (Å²) in [5.74, 6) is -5.16. The molecule has 2 aliphatic rings. The molecule has 1 aromatic carbocycles. The highest BCUT2D eigenvalue weighted by Crippen LogP contribution is 2.39. The van der Waals surface area contributed by atoms with Gasteiger partial charge in [-0.25, -0.2) is 31.4 Å². The molecule has 210 valence electrons. The third-order valence-corrected chi connectivity index (χ3v) is 8.05. The minimum atomic E-state index is -3.88. The zero-order valence-corrected chi connectivity index (χ0v) is 23.8. The maximum atomic E-state index is 14.5. The number of sulfonamides is 1. The van der Waals surface area contributed by atoms with Crippen molar-refractivity contribution in [1.82, 2.24) is 19.9 Å². The SMILES string of the molecule is COC(=O)C1=C(CN2CC(F)(F)CC2CC(=O)NS(C)(=O)=O)NC(c2nccs2)=N[C@H]1c1ccc(F)cc1Br. The zero-order valence-electron chi connectivity index (χ0n) is 20.6. The fourth-order valence-corrected chi connectivity index (χ4v) is 6.14. The number of hydrogen-bond donors (Lipinski definition) is 2. The predicted octanol–water partition coefficient (Wildman–Crippen LogP) is 2.74. The Labute approximate surface area is 234 Å². The number of esters is 1. The van der Waals surface area contributed by atoms with Gasteiger partial charge in [0.15, 0.2) is 10.8 Å². The molecule has 39 heavy (non-hydrogen) atoms. The van der Waals surface area contributed by atoms with Gasteiger partial charge in [0.1, 0.15) is 11.9 Å². The van der Waals surface area contributed by atoms with Crippen molar-refractivity contribution >= 4 is 55.0 Å². The van der Waals surface area contributed by atoms with Crippen LogP contribution in [0.1, 0.15) is 29.5 Å². The van der Waals surface area contributed by atoms with Crippen LogP contribution in [-0.4, -0.2) is 74.4 Å². The third kappa shape index (κ3) is 7.04. The number of rotatable bonds is 8. The molecule has 16 heteroatoms. The second-order valence-corrected chi connectivity index (χ2v) is 12.5. The topological polar surface area (TPSA) is 130 Å². The van der Waals surface area contributed by atoms with Crippen molar-refractivity contribution in [1.29, 1.82) is 0 Å². The molecule has 0 aliphatic carbocycles. The average Bonchev–Trinajstić information content (AvgIpc) is 3.45. The van der Waals surface area contributed by atoms with Crippen LogP contribution < -0.4 is 10.0 Å². The molecule has 0 saturated carbocycles. The van der Waals surface area contributed by atoms with Gasteiger partial charge < -0.3 is 10.1 Å². The summed E-state index contributed by atoms with van der Waals surface area (Å²) in [6, 6.07) is 1.81. The number of carbonyl (C=O) groups is 2. The number of halogens is 4. The third-order valence-electron chi connectivity index (χ3n) is 5.99. The molecule has 2 atom stereocenters. The monoisotopic (exact) mass is 649 g/mol. The van der Waals surface area contributed by atoms with Crippen LogP contribution in [0.25, 0.3) is 0 Å². The fourth-order valence-electron chi connectivity index (χ4n) is 4.48. The number of carbonyl (C=O) groups excluding carboxylic acids is 2. The van der Waals surface area contributed by atoms with Crippen LogP contribution in [-0.2, 0) is 24.3 Å². The molecule has 1 amide bonds. The van der Waals surface area contributed by atoms with E-state index in [0.717, 1.165) is 13.4 Å². The van der Waals surface area contributed by atoms with Crippen LogP contribution in [0.3, 0.4) is 0 Å². The summed E-state index contributed by atoms with van der Waals surface area (Å²) in [6.45, 7) is -0.991. The molecule has 2 aromatic rings. The lowest BCUT2D eigenvalue weighted by Crippen LogP contribution is -2.43. The Kier molecular flexibility index (Phi) is 8.49. The largest absolute Gasteiger partial charge is 0.466 e. The number of nitrogens with one attached hydrogen (secondary N) is 2. The number of hydrogen-bond acceptors (Lipinski definition) is 10. The first-order chi connectivity index (χ1) is 18.3. The highest BCUT2D eigenvalue weighted by molar-refractivity contribution is 9.10. The van der Waals surface area contributed by atoms with Gasteiger partial charge in [-0.05, 0) is 17.7 Å². The number of alkyl halides is 2. The van der Waals surface area contributed by atoms with Gasteiger partial charge in [-0.2, -0.15) is 0 Å². The van der Waals surface area contributed by atoms with Crippen molar-refractivity contribution in [2.24, 2.45) is 4.99 Å². The van der Waals surface area contributed by atoms with E-state index in [-0.39, 0.29) is 23.7 Å². The first-order valence-corrected chi connectivity index (χ1v) is 15.0. The van der Waals surface area contributed by atoms with Crippen molar-refractivity contribution in [3.63, 3.8) is 0 Å². The summed E-state index contributed by atoms with van der Waals surface area (Å²) in [7, 11) is -2.72. The summed E-state index contributed by atoms with van der Waals surface area (Å²) < 4.78 is 73.0. The number of aliphatic imine (C=N–C) groups is 1. The lowest BCUT2D eigenvalue weighted by Gasteiger charge is -2.31. The van der Waals surface area contributed by atoms with Gasteiger partial charge in [0.2, 0.25) is 15.9 Å². The highest BCUT2D eigenvalue weighted by Gasteiger charge is 2.46. The molecule has 0 bridgehead atoms. The number of likely N-dealkylation sites (tertiary alicyclic amines) is 1. The van der Waals surface area contributed by atoms with Gasteiger partial charge in [0.25, 0.3) is 5.92 Å². The van der Waals surface area contributed by atoms with Crippen LogP contribution in [0, 0.1) is 5.82 Å². The van der Waals surface area contributed by atoms with E-state index in [1.165, 1.54) is 34.4 Å². The first-order valence-electron chi connectivity index (χ1n) is 11.4. The maximum Gasteiger partial charge on any atom is 0.338 e. The first kappa shape index (κ1) is 29.2. The molecular weight excluding hydrogens is 627 g/mol. The molecule has 2 aliphatic heterocycles. The quantitative estimate of drug-likeness (QED) is 0.418. The minimum Gasteiger partial charge on any atom is -0.466 e. The number of nitrogens with zero attached hydrogens (tertiary/aromatic N) is 3. The normalized spacial score (nSPS) is 21.3. The predicted molar refractivity (Wildman–Crippen MR) is 140 cm³/mol. The summed E-state index contributed by atoms with van der Waals surface area (Å²) >= 11 is 4.56. The molecule has 1 unspecified atom stereocenters. The molecule has 10 nitrogen and oxygen atoms in total. The Hall–Kier alpha value is -2.82. The van der Waals surface area contributed by atoms with E-state index in [2.05, 4.69) is 31.2 Å². The van der Waals surface area contributed by atoms with Crippen LogP contribution in [0.15, 0.2) is 50.5 Å². The molecule has 4 rings (SSSR count). The number of ether oxygens (including phenoxy) is 1. The number of aromatic nitrogens is 1. The molecule has 1 aromatic heterocycles. The second kappa shape index (κ2) is 11.3. The van der Waals surface area contributed by atoms with Crippen LogP contribution in [0.2, 0.25) is 0 Å². The number of benzene rings is 1. The van der Waals surface area contributed by atoms with Gasteiger partial charge in [-0.3, -0.25) is 19.4 Å². The fraction of sp³-hybridized carbons (Fsp3) is 0.391. The van der Waals surface area contributed by atoms with Crippen molar-refractivity contribution in [2.45, 2.75) is 30.8 Å².